The lowest BCUT2D eigenvalue weighted by molar-refractivity contribution is -0.141. The Kier molecular flexibility index (Phi) is 4.67. The van der Waals surface area contributed by atoms with E-state index in [1.165, 1.54) is 6.20 Å². The average Bonchev–Trinajstić information content (AvgIpc) is 2.44. The number of aliphatic hydroxyl groups excluding tert-OH is 2. The van der Waals surface area contributed by atoms with Crippen LogP contribution in [-0.2, 0) is 6.18 Å². The van der Waals surface area contributed by atoms with Crippen LogP contribution in [0.15, 0.2) is 12.4 Å². The Labute approximate surface area is 120 Å². The molecular weight excluding hydrogens is 287 g/mol. The molecule has 0 saturated heterocycles. The van der Waals surface area contributed by atoms with E-state index in [-0.39, 0.29) is 11.7 Å². The fraction of sp³-hybridized carbons (Fsp3) is 0.692. The third-order valence-corrected chi connectivity index (χ3v) is 3.88. The van der Waals surface area contributed by atoms with Gasteiger partial charge in [-0.2, -0.15) is 13.2 Å². The van der Waals surface area contributed by atoms with Gasteiger partial charge in [0, 0.05) is 0 Å². The maximum atomic E-state index is 12.6. The van der Waals surface area contributed by atoms with E-state index in [1.54, 1.807) is 0 Å². The molecule has 8 heteroatoms. The Balaban J connectivity index is 2.08. The molecule has 5 nitrogen and oxygen atoms in total. The van der Waals surface area contributed by atoms with Crippen molar-refractivity contribution in [2.75, 3.05) is 5.32 Å². The molecule has 118 valence electrons. The molecule has 1 aliphatic carbocycles. The van der Waals surface area contributed by atoms with Crippen molar-refractivity contribution >= 4 is 5.82 Å². The number of hydrogen-bond acceptors (Lipinski definition) is 5. The number of rotatable bonds is 3. The van der Waals surface area contributed by atoms with Crippen LogP contribution in [0.2, 0.25) is 0 Å². The molecule has 1 fully saturated rings. The highest BCUT2D eigenvalue weighted by molar-refractivity contribution is 5.34. The summed E-state index contributed by atoms with van der Waals surface area (Å²) in [5.41, 5.74) is -1.09. The van der Waals surface area contributed by atoms with Crippen molar-refractivity contribution in [3.63, 3.8) is 0 Å². The van der Waals surface area contributed by atoms with Crippen LogP contribution in [0.5, 0.6) is 0 Å². The SMILES string of the molecule is CCC1CCC(Nc2cncc(C(F)(F)F)n2)C(O)[C@H]1O. The van der Waals surface area contributed by atoms with Gasteiger partial charge in [0.25, 0.3) is 0 Å². The highest BCUT2D eigenvalue weighted by Crippen LogP contribution is 2.30. The van der Waals surface area contributed by atoms with Crippen LogP contribution in [0.3, 0.4) is 0 Å². The lowest BCUT2D eigenvalue weighted by Gasteiger charge is -2.37. The number of halogens is 3. The highest BCUT2D eigenvalue weighted by Gasteiger charge is 2.37. The molecule has 1 heterocycles. The molecule has 21 heavy (non-hydrogen) atoms. The van der Waals surface area contributed by atoms with Crippen molar-refractivity contribution in [3.8, 4) is 0 Å². The van der Waals surface area contributed by atoms with Gasteiger partial charge in [-0.15, -0.1) is 0 Å². The summed E-state index contributed by atoms with van der Waals surface area (Å²) in [7, 11) is 0. The predicted octanol–water partition coefficient (Wildman–Crippen LogP) is 1.82. The van der Waals surface area contributed by atoms with Crippen LogP contribution >= 0.6 is 0 Å². The monoisotopic (exact) mass is 305 g/mol. The number of alkyl halides is 3. The number of hydrogen-bond donors (Lipinski definition) is 3. The normalized spacial score (nSPS) is 30.2. The predicted molar refractivity (Wildman–Crippen MR) is 69.5 cm³/mol. The second kappa shape index (κ2) is 6.15. The first kappa shape index (κ1) is 16.0. The molecule has 1 aromatic heterocycles. The lowest BCUT2D eigenvalue weighted by atomic mass is 9.80. The molecule has 1 aromatic rings. The van der Waals surface area contributed by atoms with Crippen molar-refractivity contribution in [3.05, 3.63) is 18.1 Å². The first-order valence-corrected chi connectivity index (χ1v) is 6.84. The second-order valence-corrected chi connectivity index (χ2v) is 5.27. The van der Waals surface area contributed by atoms with Gasteiger partial charge in [0.05, 0.1) is 24.5 Å². The van der Waals surface area contributed by atoms with Crippen LogP contribution in [0.1, 0.15) is 31.9 Å². The molecule has 0 radical (unpaired) electrons. The Morgan fingerprint density at radius 2 is 1.95 bits per heavy atom. The summed E-state index contributed by atoms with van der Waals surface area (Å²) < 4.78 is 37.7. The van der Waals surface area contributed by atoms with Crippen molar-refractivity contribution in [2.24, 2.45) is 5.92 Å². The van der Waals surface area contributed by atoms with Crippen LogP contribution in [0.25, 0.3) is 0 Å². The van der Waals surface area contributed by atoms with Crippen LogP contribution < -0.4 is 5.32 Å². The minimum atomic E-state index is -4.57. The molecule has 1 saturated carbocycles. The van der Waals surface area contributed by atoms with Crippen LogP contribution in [0.4, 0.5) is 19.0 Å². The topological polar surface area (TPSA) is 78.3 Å². The van der Waals surface area contributed by atoms with Gasteiger partial charge < -0.3 is 15.5 Å². The summed E-state index contributed by atoms with van der Waals surface area (Å²) in [5, 5.41) is 22.7. The van der Waals surface area contributed by atoms with Crippen LogP contribution in [-0.4, -0.2) is 38.4 Å². The maximum Gasteiger partial charge on any atom is 0.434 e. The molecule has 2 rings (SSSR count). The summed E-state index contributed by atoms with van der Waals surface area (Å²) in [5.74, 6) is -0.0540. The summed E-state index contributed by atoms with van der Waals surface area (Å²) in [6, 6.07) is -0.541. The van der Waals surface area contributed by atoms with Crippen molar-refractivity contribution in [1.82, 2.24) is 9.97 Å². The zero-order valence-electron chi connectivity index (χ0n) is 11.5. The molecule has 3 unspecified atom stereocenters. The molecule has 3 N–H and O–H groups in total. The Bertz CT molecular complexity index is 484. The van der Waals surface area contributed by atoms with E-state index in [9.17, 15) is 23.4 Å². The number of nitrogens with zero attached hydrogens (tertiary/aromatic N) is 2. The molecule has 0 aromatic carbocycles. The molecule has 0 amide bonds. The largest absolute Gasteiger partial charge is 0.434 e. The number of nitrogens with one attached hydrogen (secondary N) is 1. The molecule has 4 atom stereocenters. The van der Waals surface area contributed by atoms with Crippen molar-refractivity contribution in [2.45, 2.75) is 50.6 Å². The number of anilines is 1. The van der Waals surface area contributed by atoms with Gasteiger partial charge in [-0.25, -0.2) is 4.98 Å². The molecule has 0 bridgehead atoms. The molecular formula is C13H18F3N3O2. The van der Waals surface area contributed by atoms with Gasteiger partial charge in [0.1, 0.15) is 11.9 Å². The number of aliphatic hydroxyl groups is 2. The third-order valence-electron chi connectivity index (χ3n) is 3.88. The lowest BCUT2D eigenvalue weighted by Crippen LogP contribution is -2.49. The Hall–Kier alpha value is -1.41. The third kappa shape index (κ3) is 3.62. The highest BCUT2D eigenvalue weighted by atomic mass is 19.4. The standard InChI is InChI=1S/C13H18F3N3O2/c1-2-7-3-4-8(12(21)11(7)20)18-10-6-17-5-9(19-10)13(14,15)16/h5-8,11-12,20-21H,2-4H2,1H3,(H,18,19)/t7?,8?,11-,12?/m0/s1. The minimum Gasteiger partial charge on any atom is -0.390 e. The first-order valence-electron chi connectivity index (χ1n) is 6.84. The van der Waals surface area contributed by atoms with Gasteiger partial charge in [0.15, 0.2) is 5.69 Å². The van der Waals surface area contributed by atoms with Crippen molar-refractivity contribution in [1.29, 1.82) is 0 Å². The Morgan fingerprint density at radius 3 is 2.57 bits per heavy atom. The van der Waals surface area contributed by atoms with E-state index in [4.69, 9.17) is 0 Å². The van der Waals surface area contributed by atoms with E-state index >= 15 is 0 Å². The molecule has 0 aliphatic heterocycles. The first-order chi connectivity index (χ1) is 9.82. The Morgan fingerprint density at radius 1 is 1.24 bits per heavy atom. The van der Waals surface area contributed by atoms with Gasteiger partial charge in [0.2, 0.25) is 0 Å². The van der Waals surface area contributed by atoms with Crippen LogP contribution in [0, 0.1) is 5.92 Å². The van der Waals surface area contributed by atoms with Crippen molar-refractivity contribution < 1.29 is 23.4 Å². The van der Waals surface area contributed by atoms with Gasteiger partial charge in [-0.05, 0) is 18.8 Å². The summed E-state index contributed by atoms with van der Waals surface area (Å²) in [4.78, 5) is 6.95. The summed E-state index contributed by atoms with van der Waals surface area (Å²) in [6.07, 6.45) is -2.70. The van der Waals surface area contributed by atoms with E-state index in [2.05, 4.69) is 15.3 Å². The molecule has 1 aliphatic rings. The average molecular weight is 305 g/mol. The van der Waals surface area contributed by atoms with E-state index in [0.717, 1.165) is 6.42 Å². The maximum absolute atomic E-state index is 12.6. The fourth-order valence-electron chi connectivity index (χ4n) is 2.62. The van der Waals surface area contributed by atoms with Gasteiger partial charge in [-0.3, -0.25) is 4.98 Å². The smallest absolute Gasteiger partial charge is 0.390 e. The zero-order chi connectivity index (χ0) is 15.6. The number of aromatic nitrogens is 2. The van der Waals surface area contributed by atoms with E-state index in [0.29, 0.717) is 19.0 Å². The molecule has 0 spiro atoms. The minimum absolute atomic E-state index is 0.00523. The quantitative estimate of drug-likeness (QED) is 0.794. The summed E-state index contributed by atoms with van der Waals surface area (Å²) in [6.45, 7) is 1.92. The van der Waals surface area contributed by atoms with Gasteiger partial charge in [-0.1, -0.05) is 13.3 Å². The zero-order valence-corrected chi connectivity index (χ0v) is 11.5. The fourth-order valence-corrected chi connectivity index (χ4v) is 2.62. The second-order valence-electron chi connectivity index (χ2n) is 5.27. The van der Waals surface area contributed by atoms with E-state index in [1.807, 2.05) is 6.92 Å². The van der Waals surface area contributed by atoms with E-state index < -0.39 is 30.1 Å². The van der Waals surface area contributed by atoms with Gasteiger partial charge >= 0.3 is 6.18 Å². The summed E-state index contributed by atoms with van der Waals surface area (Å²) >= 11 is 0.